The van der Waals surface area contributed by atoms with Crippen LogP contribution in [0.2, 0.25) is 0 Å². The summed E-state index contributed by atoms with van der Waals surface area (Å²) in [4.78, 5) is -1.25. The number of halogens is 3. The third-order valence-corrected chi connectivity index (χ3v) is 7.24. The Morgan fingerprint density at radius 1 is 0.676 bits per heavy atom. The monoisotopic (exact) mass is 570 g/mol. The van der Waals surface area contributed by atoms with E-state index in [1.54, 1.807) is 0 Å². The molecule has 1 atom stereocenters. The van der Waals surface area contributed by atoms with E-state index >= 15 is 0 Å². The second kappa shape index (κ2) is 9.85. The zero-order valence-corrected chi connectivity index (χ0v) is 19.7. The fourth-order valence-corrected chi connectivity index (χ4v) is 4.70. The summed E-state index contributed by atoms with van der Waals surface area (Å²) in [5.74, 6) is 0. The van der Waals surface area contributed by atoms with E-state index in [4.69, 9.17) is 0 Å². The molecule has 0 heterocycles. The Hall–Kier alpha value is -2.13. The smallest absolute Gasteiger partial charge is 0.232 e. The lowest BCUT2D eigenvalue weighted by molar-refractivity contribution is -0.0852. The molecule has 2 aromatic carbocycles. The van der Waals surface area contributed by atoms with Crippen LogP contribution in [0, 0.1) is 0 Å². The van der Waals surface area contributed by atoms with Crippen molar-refractivity contribution in [3.63, 3.8) is 0 Å². The quantitative estimate of drug-likeness (QED) is 0.133. The minimum Gasteiger partial charge on any atom is -0.232 e. The average Bonchev–Trinajstić information content (AvgIpc) is 2.71. The van der Waals surface area contributed by atoms with E-state index in [-0.39, 0.29) is 0 Å². The van der Waals surface area contributed by atoms with Crippen molar-refractivity contribution in [3.05, 3.63) is 60.2 Å². The molecular formula is C15H13F3O12S4. The standard InChI is InChI=1S/C15H13F3O12S4/c1-31(19,20)27-14(28-34(25,26)15(16,17)18)11-7-9-13(10-8-11)33(23,24)30-29-32(21,22)12-5-3-2-4-6-12/h2-10,14H,1H3. The molecule has 0 aliphatic rings. The second-order valence-electron chi connectivity index (χ2n) is 6.05. The van der Waals surface area contributed by atoms with Gasteiger partial charge in [0.05, 0.1) is 16.0 Å². The van der Waals surface area contributed by atoms with Crippen molar-refractivity contribution in [1.29, 1.82) is 0 Å². The average molecular weight is 571 g/mol. The third kappa shape index (κ3) is 7.43. The van der Waals surface area contributed by atoms with Gasteiger partial charge in [0.1, 0.15) is 0 Å². The lowest BCUT2D eigenvalue weighted by Gasteiger charge is -2.18. The van der Waals surface area contributed by atoms with Crippen LogP contribution in [-0.2, 0) is 57.5 Å². The number of benzene rings is 2. The Kier molecular flexibility index (Phi) is 8.15. The SMILES string of the molecule is CS(=O)(=O)OC(OS(=O)(=O)C(F)(F)F)c1ccc(S(=O)(=O)OOS(=O)(=O)c2ccccc2)cc1. The Labute approximate surface area is 192 Å². The van der Waals surface area contributed by atoms with Crippen molar-refractivity contribution in [3.8, 4) is 0 Å². The first-order valence-corrected chi connectivity index (χ1v) is 14.3. The van der Waals surface area contributed by atoms with Gasteiger partial charge in [-0.05, 0) is 24.3 Å². The molecular weight excluding hydrogens is 557 g/mol. The van der Waals surface area contributed by atoms with Crippen LogP contribution in [0.4, 0.5) is 13.2 Å². The number of alkyl halides is 3. The Morgan fingerprint density at radius 2 is 1.12 bits per heavy atom. The van der Waals surface area contributed by atoms with Crippen molar-refractivity contribution in [2.45, 2.75) is 21.6 Å². The van der Waals surface area contributed by atoms with E-state index in [0.29, 0.717) is 30.5 Å². The number of hydrogen-bond acceptors (Lipinski definition) is 12. The van der Waals surface area contributed by atoms with E-state index in [9.17, 15) is 46.8 Å². The predicted octanol–water partition coefficient (Wildman–Crippen LogP) is 1.55. The Balaban J connectivity index is 2.29. The summed E-state index contributed by atoms with van der Waals surface area (Å²) in [6.45, 7) is 0. The molecule has 0 amide bonds. The highest BCUT2D eigenvalue weighted by Gasteiger charge is 2.49. The topological polar surface area (TPSA) is 173 Å². The highest BCUT2D eigenvalue weighted by atomic mass is 32.2. The maximum absolute atomic E-state index is 12.6. The minimum absolute atomic E-state index is 0.390. The fourth-order valence-electron chi connectivity index (χ4n) is 1.99. The van der Waals surface area contributed by atoms with Crippen LogP contribution in [0.25, 0.3) is 0 Å². The van der Waals surface area contributed by atoms with Gasteiger partial charge in [0, 0.05) is 5.56 Å². The largest absolute Gasteiger partial charge is 0.523 e. The molecule has 0 saturated heterocycles. The van der Waals surface area contributed by atoms with Crippen LogP contribution in [-0.4, -0.2) is 45.4 Å². The molecule has 0 aromatic heterocycles. The molecule has 1 unspecified atom stereocenters. The lowest BCUT2D eigenvalue weighted by atomic mass is 10.2. The first kappa shape index (κ1) is 28.1. The van der Waals surface area contributed by atoms with Crippen LogP contribution in [0.5, 0.6) is 0 Å². The molecule has 0 fully saturated rings. The summed E-state index contributed by atoms with van der Waals surface area (Å²) in [5.41, 5.74) is -6.60. The normalized spacial score (nSPS) is 14.6. The summed E-state index contributed by atoms with van der Waals surface area (Å²) >= 11 is 0. The van der Waals surface area contributed by atoms with Crippen LogP contribution >= 0.6 is 0 Å². The molecule has 0 saturated carbocycles. The lowest BCUT2D eigenvalue weighted by Crippen LogP contribution is -2.28. The van der Waals surface area contributed by atoms with Crippen LogP contribution in [0.3, 0.4) is 0 Å². The molecule has 2 aromatic rings. The van der Waals surface area contributed by atoms with Gasteiger partial charge in [-0.1, -0.05) is 39.0 Å². The first-order chi connectivity index (χ1) is 15.3. The maximum Gasteiger partial charge on any atom is 0.523 e. The highest BCUT2D eigenvalue weighted by Crippen LogP contribution is 2.32. The summed E-state index contributed by atoms with van der Waals surface area (Å²) in [7, 11) is -20.5. The van der Waals surface area contributed by atoms with E-state index in [1.807, 2.05) is 0 Å². The maximum atomic E-state index is 12.6. The van der Waals surface area contributed by atoms with Gasteiger partial charge in [-0.3, -0.25) is 0 Å². The van der Waals surface area contributed by atoms with Crippen molar-refractivity contribution in [1.82, 2.24) is 0 Å². The number of rotatable bonds is 10. The fraction of sp³-hybridized carbons (Fsp3) is 0.200. The van der Waals surface area contributed by atoms with Crippen molar-refractivity contribution in [2.75, 3.05) is 6.26 Å². The summed E-state index contributed by atoms with van der Waals surface area (Å²) in [6, 6.07) is 8.74. The Bertz CT molecular complexity index is 1430. The van der Waals surface area contributed by atoms with Crippen molar-refractivity contribution >= 4 is 40.5 Å². The van der Waals surface area contributed by atoms with Crippen LogP contribution in [0.15, 0.2) is 64.4 Å². The third-order valence-electron chi connectivity index (χ3n) is 3.44. The van der Waals surface area contributed by atoms with Gasteiger partial charge in [-0.15, -0.1) is 0 Å². The van der Waals surface area contributed by atoms with Gasteiger partial charge in [-0.2, -0.15) is 46.8 Å². The molecule has 19 heteroatoms. The molecule has 34 heavy (non-hydrogen) atoms. The Morgan fingerprint density at radius 3 is 1.53 bits per heavy atom. The molecule has 0 bridgehead atoms. The molecule has 0 aliphatic carbocycles. The van der Waals surface area contributed by atoms with Crippen LogP contribution < -0.4 is 0 Å². The van der Waals surface area contributed by atoms with Gasteiger partial charge >= 0.3 is 35.9 Å². The van der Waals surface area contributed by atoms with Gasteiger partial charge in [-0.25, -0.2) is 8.37 Å². The van der Waals surface area contributed by atoms with Crippen molar-refractivity contribution in [2.24, 2.45) is 0 Å². The van der Waals surface area contributed by atoms with E-state index in [0.717, 1.165) is 12.1 Å². The summed E-state index contributed by atoms with van der Waals surface area (Å²) in [5, 5.41) is 0. The molecule has 0 N–H and O–H groups in total. The first-order valence-electron chi connectivity index (χ1n) is 8.25. The van der Waals surface area contributed by atoms with Gasteiger partial charge < -0.3 is 0 Å². The molecule has 0 aliphatic heterocycles. The molecule has 190 valence electrons. The van der Waals surface area contributed by atoms with Gasteiger partial charge in [0.15, 0.2) is 0 Å². The van der Waals surface area contributed by atoms with Gasteiger partial charge in [0.2, 0.25) is 6.29 Å². The highest BCUT2D eigenvalue weighted by molar-refractivity contribution is 7.89. The van der Waals surface area contributed by atoms with Crippen molar-refractivity contribution < 1.29 is 63.9 Å². The molecule has 0 spiro atoms. The van der Waals surface area contributed by atoms with E-state index in [2.05, 4.69) is 17.0 Å². The van der Waals surface area contributed by atoms with E-state index in [1.165, 1.54) is 18.2 Å². The van der Waals surface area contributed by atoms with Crippen LogP contribution in [0.1, 0.15) is 11.9 Å². The molecule has 2 rings (SSSR count). The zero-order chi connectivity index (χ0) is 26.0. The zero-order valence-electron chi connectivity index (χ0n) is 16.4. The summed E-state index contributed by atoms with van der Waals surface area (Å²) < 4.78 is 147. The number of hydrogen-bond donors (Lipinski definition) is 0. The second-order valence-corrected chi connectivity index (χ2v) is 12.3. The molecule has 0 radical (unpaired) electrons. The predicted molar refractivity (Wildman–Crippen MR) is 104 cm³/mol. The molecule has 12 nitrogen and oxygen atoms in total. The minimum atomic E-state index is -6.33. The van der Waals surface area contributed by atoms with Gasteiger partial charge in [0.25, 0.3) is 10.1 Å². The summed E-state index contributed by atoms with van der Waals surface area (Å²) in [6.07, 6.45) is -2.28. The van der Waals surface area contributed by atoms with E-state index < -0.39 is 67.6 Å².